The van der Waals surface area contributed by atoms with Crippen molar-refractivity contribution in [2.45, 2.75) is 45.0 Å². The molecular weight excluding hydrogens is 538 g/mol. The lowest BCUT2D eigenvalue weighted by molar-refractivity contribution is -0.0200. The normalized spacial score (nSPS) is 16.7. The minimum atomic E-state index is -0.937. The van der Waals surface area contributed by atoms with E-state index in [1.54, 1.807) is 7.11 Å². The number of hydrogen-bond acceptors (Lipinski definition) is 7. The van der Waals surface area contributed by atoms with Gasteiger partial charge in [-0.3, -0.25) is 0 Å². The molecule has 0 saturated carbocycles. The summed E-state index contributed by atoms with van der Waals surface area (Å²) in [4.78, 5) is 13.1. The summed E-state index contributed by atoms with van der Waals surface area (Å²) in [5.74, 6) is 2.35. The fraction of sp³-hybridized carbons (Fsp3) is 0.424. The maximum absolute atomic E-state index is 11.7. The number of ether oxygens (including phenoxy) is 5. The van der Waals surface area contributed by atoms with E-state index in [9.17, 15) is 9.90 Å². The van der Waals surface area contributed by atoms with Crippen molar-refractivity contribution in [3.05, 3.63) is 89.0 Å². The van der Waals surface area contributed by atoms with Crippen LogP contribution in [0.1, 0.15) is 41.0 Å². The Morgan fingerprint density at radius 3 is 2.52 bits per heavy atom. The minimum Gasteiger partial charge on any atom is -0.496 e. The van der Waals surface area contributed by atoms with E-state index in [1.165, 1.54) is 4.90 Å². The fourth-order valence-electron chi connectivity index (χ4n) is 5.06. The van der Waals surface area contributed by atoms with Crippen molar-refractivity contribution >= 4 is 6.09 Å². The lowest BCUT2D eigenvalue weighted by Crippen LogP contribution is -2.46. The van der Waals surface area contributed by atoms with Crippen LogP contribution < -0.4 is 14.2 Å². The zero-order valence-corrected chi connectivity index (χ0v) is 24.4. The summed E-state index contributed by atoms with van der Waals surface area (Å²) < 4.78 is 29.0. The van der Waals surface area contributed by atoms with Crippen molar-refractivity contribution in [2.24, 2.45) is 0 Å². The standard InChI is InChI=1S/C33H41NO8/c1-24-8-9-25(20-31(24)41-19-16-35)22-42-32-21-34(33(36)37)15-14-29(32)26-10-12-28(13-11-26)40-18-5-17-39-23-27-6-3-4-7-30(27)38-2/h3-4,6-13,20,29,32,35H,5,14-19,21-23H2,1-2H3,(H,36,37). The molecule has 226 valence electrons. The summed E-state index contributed by atoms with van der Waals surface area (Å²) in [7, 11) is 1.66. The summed E-state index contributed by atoms with van der Waals surface area (Å²) >= 11 is 0. The predicted molar refractivity (Wildman–Crippen MR) is 158 cm³/mol. The van der Waals surface area contributed by atoms with Crippen LogP contribution in [-0.4, -0.2) is 73.9 Å². The van der Waals surface area contributed by atoms with Crippen LogP contribution in [0.4, 0.5) is 4.79 Å². The topological polar surface area (TPSA) is 107 Å². The van der Waals surface area contributed by atoms with Gasteiger partial charge in [0.1, 0.15) is 23.9 Å². The Bertz CT molecular complexity index is 1270. The molecular formula is C33H41NO8. The summed E-state index contributed by atoms with van der Waals surface area (Å²) in [6, 6.07) is 21.6. The van der Waals surface area contributed by atoms with Gasteiger partial charge in [0.2, 0.25) is 0 Å². The zero-order valence-electron chi connectivity index (χ0n) is 24.4. The number of aliphatic hydroxyl groups excluding tert-OH is 1. The molecule has 0 bridgehead atoms. The number of para-hydroxylation sites is 1. The number of amides is 1. The third kappa shape index (κ3) is 8.85. The molecule has 2 unspecified atom stereocenters. The molecule has 1 fully saturated rings. The number of piperidine rings is 1. The zero-order chi connectivity index (χ0) is 29.7. The van der Waals surface area contributed by atoms with Crippen LogP contribution in [0.2, 0.25) is 0 Å². The lowest BCUT2D eigenvalue weighted by Gasteiger charge is -2.37. The Hall–Kier alpha value is -3.79. The second kappa shape index (κ2) is 16.0. The van der Waals surface area contributed by atoms with E-state index < -0.39 is 6.09 Å². The van der Waals surface area contributed by atoms with Crippen molar-refractivity contribution in [1.29, 1.82) is 0 Å². The number of aryl methyl sites for hydroxylation is 1. The van der Waals surface area contributed by atoms with Crippen LogP contribution in [0, 0.1) is 6.92 Å². The lowest BCUT2D eigenvalue weighted by atomic mass is 9.87. The largest absolute Gasteiger partial charge is 0.496 e. The molecule has 9 nitrogen and oxygen atoms in total. The van der Waals surface area contributed by atoms with Crippen molar-refractivity contribution in [3.8, 4) is 17.2 Å². The third-order valence-electron chi connectivity index (χ3n) is 7.36. The van der Waals surface area contributed by atoms with Crippen LogP contribution in [0.25, 0.3) is 0 Å². The number of carboxylic acid groups (broad SMARTS) is 1. The molecule has 4 rings (SSSR count). The average molecular weight is 580 g/mol. The first-order valence-corrected chi connectivity index (χ1v) is 14.3. The molecule has 42 heavy (non-hydrogen) atoms. The summed E-state index contributed by atoms with van der Waals surface area (Å²) in [5.41, 5.74) is 4.01. The Labute approximate surface area is 247 Å². The van der Waals surface area contributed by atoms with Crippen LogP contribution in [0.3, 0.4) is 0 Å². The molecule has 1 heterocycles. The van der Waals surface area contributed by atoms with Gasteiger partial charge in [0.05, 0.1) is 52.8 Å². The Kier molecular flexibility index (Phi) is 11.9. The second-order valence-corrected chi connectivity index (χ2v) is 10.3. The highest BCUT2D eigenvalue weighted by molar-refractivity contribution is 5.65. The molecule has 3 aromatic rings. The highest BCUT2D eigenvalue weighted by atomic mass is 16.5. The molecule has 9 heteroatoms. The maximum Gasteiger partial charge on any atom is 0.407 e. The molecule has 0 aliphatic carbocycles. The molecule has 0 radical (unpaired) electrons. The number of nitrogens with zero attached hydrogens (tertiary/aromatic N) is 1. The van der Waals surface area contributed by atoms with Gasteiger partial charge in [0.15, 0.2) is 0 Å². The SMILES string of the molecule is COc1ccccc1COCCCOc1ccc(C2CCN(C(=O)O)CC2OCc2ccc(C)c(OCCO)c2)cc1. The molecule has 2 N–H and O–H groups in total. The number of rotatable bonds is 15. The van der Waals surface area contributed by atoms with Crippen LogP contribution in [-0.2, 0) is 22.7 Å². The number of methoxy groups -OCH3 is 1. The first-order valence-electron chi connectivity index (χ1n) is 14.3. The van der Waals surface area contributed by atoms with Crippen molar-refractivity contribution in [2.75, 3.05) is 46.6 Å². The predicted octanol–water partition coefficient (Wildman–Crippen LogP) is 5.41. The Morgan fingerprint density at radius 1 is 0.952 bits per heavy atom. The van der Waals surface area contributed by atoms with Crippen molar-refractivity contribution in [1.82, 2.24) is 4.90 Å². The number of likely N-dealkylation sites (tertiary alicyclic amines) is 1. The van der Waals surface area contributed by atoms with Crippen LogP contribution in [0.15, 0.2) is 66.7 Å². The summed E-state index contributed by atoms with van der Waals surface area (Å²) in [6.07, 6.45) is 0.184. The fourth-order valence-corrected chi connectivity index (χ4v) is 5.06. The van der Waals surface area contributed by atoms with Gasteiger partial charge in [-0.25, -0.2) is 4.79 Å². The molecule has 0 aromatic heterocycles. The molecule has 1 saturated heterocycles. The summed E-state index contributed by atoms with van der Waals surface area (Å²) in [6.45, 7) is 4.80. The van der Waals surface area contributed by atoms with Crippen LogP contribution >= 0.6 is 0 Å². The van der Waals surface area contributed by atoms with E-state index in [4.69, 9.17) is 28.8 Å². The highest BCUT2D eigenvalue weighted by Crippen LogP contribution is 2.32. The van der Waals surface area contributed by atoms with E-state index in [2.05, 4.69) is 0 Å². The maximum atomic E-state index is 11.7. The highest BCUT2D eigenvalue weighted by Gasteiger charge is 2.33. The van der Waals surface area contributed by atoms with Crippen molar-refractivity contribution in [3.63, 3.8) is 0 Å². The summed E-state index contributed by atoms with van der Waals surface area (Å²) in [5, 5.41) is 18.7. The smallest absolute Gasteiger partial charge is 0.407 e. The van der Waals surface area contributed by atoms with Gasteiger partial charge in [-0.1, -0.05) is 42.5 Å². The van der Waals surface area contributed by atoms with E-state index in [0.29, 0.717) is 51.7 Å². The van der Waals surface area contributed by atoms with Crippen LogP contribution in [0.5, 0.6) is 17.2 Å². The van der Waals surface area contributed by atoms with E-state index in [1.807, 2.05) is 73.7 Å². The monoisotopic (exact) mass is 579 g/mol. The Morgan fingerprint density at radius 2 is 1.76 bits per heavy atom. The van der Waals surface area contributed by atoms with E-state index >= 15 is 0 Å². The quantitative estimate of drug-likeness (QED) is 0.230. The number of carbonyl (C=O) groups is 1. The number of benzene rings is 3. The average Bonchev–Trinajstić information content (AvgIpc) is 3.02. The molecule has 0 spiro atoms. The van der Waals surface area contributed by atoms with Crippen molar-refractivity contribution < 1.29 is 38.7 Å². The van der Waals surface area contributed by atoms with Gasteiger partial charge >= 0.3 is 6.09 Å². The first-order chi connectivity index (χ1) is 20.5. The molecule has 1 aliphatic heterocycles. The van der Waals surface area contributed by atoms with Gasteiger partial charge in [-0.15, -0.1) is 0 Å². The molecule has 2 atom stereocenters. The number of hydrogen-bond donors (Lipinski definition) is 2. The van der Waals surface area contributed by atoms with Gasteiger partial charge in [-0.2, -0.15) is 0 Å². The molecule has 3 aromatic carbocycles. The molecule has 1 aliphatic rings. The number of aliphatic hydroxyl groups is 1. The third-order valence-corrected chi connectivity index (χ3v) is 7.36. The first kappa shape index (κ1) is 31.2. The van der Waals surface area contributed by atoms with Gasteiger partial charge in [0, 0.05) is 24.4 Å². The second-order valence-electron chi connectivity index (χ2n) is 10.3. The molecule has 1 amide bonds. The van der Waals surface area contributed by atoms with Gasteiger partial charge < -0.3 is 38.8 Å². The van der Waals surface area contributed by atoms with E-state index in [-0.39, 0.29) is 25.2 Å². The Balaban J connectivity index is 1.29. The van der Waals surface area contributed by atoms with E-state index in [0.717, 1.165) is 40.2 Å². The van der Waals surface area contributed by atoms with Gasteiger partial charge in [0.25, 0.3) is 0 Å². The van der Waals surface area contributed by atoms with Gasteiger partial charge in [-0.05, 0) is 54.3 Å². The minimum absolute atomic E-state index is 0.0496.